The molecule has 0 aliphatic carbocycles. The molecular weight excluding hydrogens is 328 g/mol. The number of nitrogens with one attached hydrogen (secondary N) is 2. The molecule has 0 saturated heterocycles. The Morgan fingerprint density at radius 3 is 2.59 bits per heavy atom. The summed E-state index contributed by atoms with van der Waals surface area (Å²) < 4.78 is 12.9. The highest BCUT2D eigenvalue weighted by atomic mass is 35.5. The summed E-state index contributed by atoms with van der Waals surface area (Å²) in [5.41, 5.74) is 1.26. The number of hydrogen-bond donors (Lipinski definition) is 2. The first kappa shape index (κ1) is 16.1. The van der Waals surface area contributed by atoms with E-state index >= 15 is 0 Å². The van der Waals surface area contributed by atoms with E-state index < -0.39 is 5.82 Å². The highest BCUT2D eigenvalue weighted by Crippen LogP contribution is 2.22. The van der Waals surface area contributed by atoms with Crippen molar-refractivity contribution in [2.45, 2.75) is 0 Å². The van der Waals surface area contributed by atoms with E-state index in [9.17, 15) is 9.18 Å². The van der Waals surface area contributed by atoms with Gasteiger partial charge in [-0.3, -0.25) is 4.79 Å². The Morgan fingerprint density at radius 2 is 1.95 bits per heavy atom. The van der Waals surface area contributed by atoms with E-state index in [1.54, 1.807) is 6.07 Å². The molecule has 0 fully saturated rings. The van der Waals surface area contributed by atoms with Crippen molar-refractivity contribution in [2.24, 2.45) is 0 Å². The van der Waals surface area contributed by atoms with E-state index in [0.29, 0.717) is 16.9 Å². The molecule has 0 heterocycles. The lowest BCUT2D eigenvalue weighted by Gasteiger charge is -2.09. The molecule has 4 nitrogen and oxygen atoms in total. The van der Waals surface area contributed by atoms with Crippen LogP contribution in [0.15, 0.2) is 36.4 Å². The molecule has 22 heavy (non-hydrogen) atoms. The van der Waals surface area contributed by atoms with Crippen molar-refractivity contribution < 1.29 is 9.18 Å². The Balaban J connectivity index is 1.96. The van der Waals surface area contributed by atoms with Crippen LogP contribution in [0.5, 0.6) is 0 Å². The Kier molecular flexibility index (Phi) is 5.21. The lowest BCUT2D eigenvalue weighted by atomic mass is 10.2. The van der Waals surface area contributed by atoms with E-state index in [-0.39, 0.29) is 22.5 Å². The number of halogens is 3. The maximum Gasteiger partial charge on any atom is 0.243 e. The van der Waals surface area contributed by atoms with Crippen LogP contribution >= 0.6 is 23.2 Å². The second-order valence-electron chi connectivity index (χ2n) is 4.33. The van der Waals surface area contributed by atoms with Crippen molar-refractivity contribution in [1.29, 1.82) is 5.26 Å². The Bertz CT molecular complexity index is 759. The van der Waals surface area contributed by atoms with Gasteiger partial charge < -0.3 is 10.6 Å². The fourth-order valence-corrected chi connectivity index (χ4v) is 2.15. The van der Waals surface area contributed by atoms with Crippen LogP contribution in [0.1, 0.15) is 5.56 Å². The van der Waals surface area contributed by atoms with Crippen LogP contribution in [0, 0.1) is 17.1 Å². The third-order valence-corrected chi connectivity index (χ3v) is 3.37. The van der Waals surface area contributed by atoms with Crippen LogP contribution < -0.4 is 10.6 Å². The predicted octanol–water partition coefficient (Wildman–Crippen LogP) is 4.05. The van der Waals surface area contributed by atoms with Crippen LogP contribution in [0.2, 0.25) is 10.0 Å². The topological polar surface area (TPSA) is 64.9 Å². The summed E-state index contributed by atoms with van der Waals surface area (Å²) in [6.07, 6.45) is 0. The van der Waals surface area contributed by atoms with Gasteiger partial charge in [0.05, 0.1) is 27.8 Å². The zero-order valence-corrected chi connectivity index (χ0v) is 12.7. The van der Waals surface area contributed by atoms with Gasteiger partial charge in [-0.2, -0.15) is 5.26 Å². The summed E-state index contributed by atoms with van der Waals surface area (Å²) in [5.74, 6) is -0.784. The molecule has 2 N–H and O–H groups in total. The van der Waals surface area contributed by atoms with Gasteiger partial charge in [0.25, 0.3) is 0 Å². The molecule has 1 amide bonds. The quantitative estimate of drug-likeness (QED) is 0.884. The summed E-state index contributed by atoms with van der Waals surface area (Å²) in [7, 11) is 0. The fourth-order valence-electron chi connectivity index (χ4n) is 1.70. The number of amides is 1. The van der Waals surface area contributed by atoms with E-state index in [4.69, 9.17) is 28.5 Å². The molecule has 0 radical (unpaired) electrons. The summed E-state index contributed by atoms with van der Waals surface area (Å²) >= 11 is 11.7. The third-order valence-electron chi connectivity index (χ3n) is 2.74. The Labute approximate surface area is 136 Å². The fraction of sp³-hybridized carbons (Fsp3) is 0.0667. The molecule has 2 rings (SSSR count). The van der Waals surface area contributed by atoms with E-state index in [0.717, 1.165) is 6.07 Å². The molecular formula is C15H10Cl2FN3O. The van der Waals surface area contributed by atoms with Gasteiger partial charge in [0.1, 0.15) is 11.9 Å². The molecule has 0 atom stereocenters. The standard InChI is InChI=1S/C15H10Cl2FN3O/c16-12-6-11(3-1-9(12)7-19)21-15(22)8-20-14-4-2-10(18)5-13(14)17/h1-6,20H,8H2,(H,21,22). The monoisotopic (exact) mass is 337 g/mol. The van der Waals surface area contributed by atoms with Gasteiger partial charge in [-0.1, -0.05) is 23.2 Å². The minimum Gasteiger partial charge on any atom is -0.375 e. The lowest BCUT2D eigenvalue weighted by molar-refractivity contribution is -0.114. The highest BCUT2D eigenvalue weighted by molar-refractivity contribution is 6.33. The number of rotatable bonds is 4. The summed E-state index contributed by atoms with van der Waals surface area (Å²) in [4.78, 5) is 11.8. The smallest absolute Gasteiger partial charge is 0.243 e. The van der Waals surface area contributed by atoms with Crippen molar-refractivity contribution in [3.63, 3.8) is 0 Å². The maximum absolute atomic E-state index is 12.9. The summed E-state index contributed by atoms with van der Waals surface area (Å²) in [6.45, 7) is -0.0526. The number of nitrogens with zero attached hydrogens (tertiary/aromatic N) is 1. The summed E-state index contributed by atoms with van der Waals surface area (Å²) in [5, 5.41) is 14.6. The van der Waals surface area contributed by atoms with Gasteiger partial charge >= 0.3 is 0 Å². The van der Waals surface area contributed by atoms with Crippen LogP contribution in [0.25, 0.3) is 0 Å². The second-order valence-corrected chi connectivity index (χ2v) is 5.15. The molecule has 0 bridgehead atoms. The molecule has 112 valence electrons. The van der Waals surface area contributed by atoms with Crippen molar-refractivity contribution in [3.8, 4) is 6.07 Å². The molecule has 0 unspecified atom stereocenters. The summed E-state index contributed by atoms with van der Waals surface area (Å²) in [6, 6.07) is 10.4. The number of hydrogen-bond acceptors (Lipinski definition) is 3. The van der Waals surface area contributed by atoms with Crippen molar-refractivity contribution in [1.82, 2.24) is 0 Å². The molecule has 7 heteroatoms. The minimum atomic E-state index is -0.452. The average molecular weight is 338 g/mol. The first-order valence-electron chi connectivity index (χ1n) is 6.18. The van der Waals surface area contributed by atoms with Gasteiger partial charge in [0, 0.05) is 5.69 Å². The van der Waals surface area contributed by atoms with E-state index in [1.807, 2.05) is 6.07 Å². The molecule has 0 saturated carbocycles. The first-order chi connectivity index (χ1) is 10.5. The third kappa shape index (κ3) is 4.10. The number of benzene rings is 2. The molecule has 2 aromatic carbocycles. The zero-order chi connectivity index (χ0) is 16.1. The molecule has 0 aliphatic rings. The molecule has 0 aromatic heterocycles. The maximum atomic E-state index is 12.9. The Morgan fingerprint density at radius 1 is 1.18 bits per heavy atom. The van der Waals surface area contributed by atoms with Crippen molar-refractivity contribution >= 4 is 40.5 Å². The van der Waals surface area contributed by atoms with E-state index in [1.165, 1.54) is 24.3 Å². The molecule has 2 aromatic rings. The van der Waals surface area contributed by atoms with Crippen LogP contribution in [-0.4, -0.2) is 12.5 Å². The van der Waals surface area contributed by atoms with Gasteiger partial charge in [-0.15, -0.1) is 0 Å². The van der Waals surface area contributed by atoms with Gasteiger partial charge in [0.2, 0.25) is 5.91 Å². The van der Waals surface area contributed by atoms with Gasteiger partial charge in [-0.25, -0.2) is 4.39 Å². The number of carbonyl (C=O) groups is 1. The number of nitriles is 1. The normalized spacial score (nSPS) is 9.91. The lowest BCUT2D eigenvalue weighted by Crippen LogP contribution is -2.21. The Hall–Kier alpha value is -2.29. The van der Waals surface area contributed by atoms with Crippen molar-refractivity contribution in [3.05, 3.63) is 57.8 Å². The van der Waals surface area contributed by atoms with Crippen molar-refractivity contribution in [2.75, 3.05) is 17.2 Å². The van der Waals surface area contributed by atoms with Gasteiger partial charge in [-0.05, 0) is 36.4 Å². The largest absolute Gasteiger partial charge is 0.375 e. The first-order valence-corrected chi connectivity index (χ1v) is 6.93. The van der Waals surface area contributed by atoms with E-state index in [2.05, 4.69) is 10.6 Å². The average Bonchev–Trinajstić information content (AvgIpc) is 2.46. The number of anilines is 2. The molecule has 0 spiro atoms. The van der Waals surface area contributed by atoms with Crippen LogP contribution in [0.3, 0.4) is 0 Å². The van der Waals surface area contributed by atoms with Crippen LogP contribution in [-0.2, 0) is 4.79 Å². The zero-order valence-electron chi connectivity index (χ0n) is 11.2. The second kappa shape index (κ2) is 7.12. The minimum absolute atomic E-state index is 0.0526. The van der Waals surface area contributed by atoms with Crippen LogP contribution in [0.4, 0.5) is 15.8 Å². The predicted molar refractivity (Wildman–Crippen MR) is 84.7 cm³/mol. The van der Waals surface area contributed by atoms with Gasteiger partial charge in [0.15, 0.2) is 0 Å². The highest BCUT2D eigenvalue weighted by Gasteiger charge is 2.07. The number of carbonyl (C=O) groups excluding carboxylic acids is 1. The molecule has 0 aliphatic heterocycles. The SMILES string of the molecule is N#Cc1ccc(NC(=O)CNc2ccc(F)cc2Cl)cc1Cl.